The molecule has 0 saturated carbocycles. The lowest BCUT2D eigenvalue weighted by atomic mass is 9.66. The van der Waals surface area contributed by atoms with Gasteiger partial charge in [0.05, 0.1) is 5.60 Å². The standard InChI is InChI=1S/C25H31NO/c1-24(2,3)25(27)11-12-26-16-20-14-18-8-5-4-7-17(18)13-19-9-6-10-21(23(19)20)22(26)15-25/h4-10,20,22,27H,11-16H2,1-3H3/t20-,22+,25+/m1/s1. The van der Waals surface area contributed by atoms with Crippen LogP contribution in [0.2, 0.25) is 0 Å². The van der Waals surface area contributed by atoms with E-state index in [2.05, 4.69) is 68.1 Å². The van der Waals surface area contributed by atoms with Gasteiger partial charge < -0.3 is 5.11 Å². The van der Waals surface area contributed by atoms with Crippen LogP contribution in [-0.4, -0.2) is 28.7 Å². The van der Waals surface area contributed by atoms with Gasteiger partial charge in [-0.1, -0.05) is 63.2 Å². The van der Waals surface area contributed by atoms with Crippen LogP contribution in [0.15, 0.2) is 42.5 Å². The highest BCUT2D eigenvalue weighted by Crippen LogP contribution is 2.51. The zero-order valence-corrected chi connectivity index (χ0v) is 16.8. The molecule has 0 amide bonds. The van der Waals surface area contributed by atoms with E-state index in [1.165, 1.54) is 22.3 Å². The fraction of sp³-hybridized carbons (Fsp3) is 0.520. The van der Waals surface area contributed by atoms with Crippen molar-refractivity contribution in [1.82, 2.24) is 4.90 Å². The number of benzene rings is 2. The van der Waals surface area contributed by atoms with Gasteiger partial charge in [-0.3, -0.25) is 4.90 Å². The molecule has 2 heterocycles. The van der Waals surface area contributed by atoms with Crippen LogP contribution in [0.3, 0.4) is 0 Å². The summed E-state index contributed by atoms with van der Waals surface area (Å²) in [6.45, 7) is 8.70. The molecule has 0 bridgehead atoms. The van der Waals surface area contributed by atoms with Crippen LogP contribution in [-0.2, 0) is 12.8 Å². The number of fused-ring (bicyclic) bond motifs is 3. The molecule has 1 aliphatic carbocycles. The Balaban J connectivity index is 1.60. The van der Waals surface area contributed by atoms with Crippen LogP contribution < -0.4 is 0 Å². The minimum atomic E-state index is -0.586. The van der Waals surface area contributed by atoms with E-state index in [9.17, 15) is 5.11 Å². The van der Waals surface area contributed by atoms with Gasteiger partial charge in [-0.15, -0.1) is 0 Å². The minimum Gasteiger partial charge on any atom is -0.389 e. The van der Waals surface area contributed by atoms with E-state index >= 15 is 0 Å². The molecule has 1 fully saturated rings. The van der Waals surface area contributed by atoms with Crippen LogP contribution in [0.4, 0.5) is 0 Å². The van der Waals surface area contributed by atoms with Crippen molar-refractivity contribution in [2.24, 2.45) is 5.41 Å². The zero-order chi connectivity index (χ0) is 18.8. The number of aliphatic hydroxyl groups is 1. The lowest BCUT2D eigenvalue weighted by molar-refractivity contribution is -0.120. The first-order valence-corrected chi connectivity index (χ1v) is 10.5. The smallest absolute Gasteiger partial charge is 0.0726 e. The van der Waals surface area contributed by atoms with Crippen LogP contribution in [0.1, 0.15) is 73.4 Å². The molecule has 2 aromatic carbocycles. The number of piperidine rings is 1. The van der Waals surface area contributed by atoms with Crippen molar-refractivity contribution in [3.05, 3.63) is 70.3 Å². The van der Waals surface area contributed by atoms with E-state index < -0.39 is 5.60 Å². The summed E-state index contributed by atoms with van der Waals surface area (Å²) in [5, 5.41) is 11.4. The van der Waals surface area contributed by atoms with Gasteiger partial charge in [0.1, 0.15) is 0 Å². The predicted molar refractivity (Wildman–Crippen MR) is 110 cm³/mol. The molecule has 0 spiro atoms. The van der Waals surface area contributed by atoms with Crippen LogP contribution in [0.5, 0.6) is 0 Å². The Kier molecular flexibility index (Phi) is 3.83. The van der Waals surface area contributed by atoms with Gasteiger partial charge in [0.2, 0.25) is 0 Å². The summed E-state index contributed by atoms with van der Waals surface area (Å²) in [5.74, 6) is 0.580. The van der Waals surface area contributed by atoms with Gasteiger partial charge in [0, 0.05) is 25.0 Å². The Bertz CT molecular complexity index is 880. The first-order valence-electron chi connectivity index (χ1n) is 10.5. The summed E-state index contributed by atoms with van der Waals surface area (Å²) < 4.78 is 0. The SMILES string of the molecule is CC(C)(C)[C@]1(O)CCN2C[C@H]3Cc4ccccc4Cc4cccc(c43)[C@@H]2C1. The fourth-order valence-corrected chi connectivity index (χ4v) is 5.76. The van der Waals surface area contributed by atoms with Gasteiger partial charge in [0.15, 0.2) is 0 Å². The number of hydrogen-bond donors (Lipinski definition) is 1. The third-order valence-electron chi connectivity index (χ3n) is 7.60. The van der Waals surface area contributed by atoms with Gasteiger partial charge >= 0.3 is 0 Å². The Morgan fingerprint density at radius 3 is 2.52 bits per heavy atom. The van der Waals surface area contributed by atoms with Gasteiger partial charge in [-0.2, -0.15) is 0 Å². The second-order valence-electron chi connectivity index (χ2n) is 10.0. The van der Waals surface area contributed by atoms with E-state index in [1.807, 2.05) is 0 Å². The van der Waals surface area contributed by atoms with Crippen LogP contribution >= 0.6 is 0 Å². The van der Waals surface area contributed by atoms with Crippen molar-refractivity contribution >= 4 is 0 Å². The van der Waals surface area contributed by atoms with Crippen molar-refractivity contribution in [3.8, 4) is 0 Å². The maximum absolute atomic E-state index is 11.4. The summed E-state index contributed by atoms with van der Waals surface area (Å²) in [6.07, 6.45) is 3.93. The van der Waals surface area contributed by atoms with Crippen molar-refractivity contribution in [2.75, 3.05) is 13.1 Å². The van der Waals surface area contributed by atoms with E-state index in [0.717, 1.165) is 38.8 Å². The highest BCUT2D eigenvalue weighted by atomic mass is 16.3. The zero-order valence-electron chi connectivity index (χ0n) is 16.8. The normalized spacial score (nSPS) is 30.1. The fourth-order valence-electron chi connectivity index (χ4n) is 5.76. The highest BCUT2D eigenvalue weighted by Gasteiger charge is 2.49. The Morgan fingerprint density at radius 1 is 1.00 bits per heavy atom. The van der Waals surface area contributed by atoms with Gasteiger partial charge in [0.25, 0.3) is 0 Å². The Hall–Kier alpha value is -1.64. The molecule has 2 aliphatic heterocycles. The Morgan fingerprint density at radius 2 is 1.74 bits per heavy atom. The molecule has 0 unspecified atom stereocenters. The summed E-state index contributed by atoms with van der Waals surface area (Å²) in [7, 11) is 0. The molecular weight excluding hydrogens is 330 g/mol. The predicted octanol–water partition coefficient (Wildman–Crippen LogP) is 4.84. The van der Waals surface area contributed by atoms with Crippen molar-refractivity contribution in [1.29, 1.82) is 0 Å². The quantitative estimate of drug-likeness (QED) is 0.725. The lowest BCUT2D eigenvalue weighted by Gasteiger charge is -2.53. The molecule has 3 aliphatic rings. The van der Waals surface area contributed by atoms with Crippen LogP contribution in [0.25, 0.3) is 0 Å². The maximum atomic E-state index is 11.4. The molecular formula is C25H31NO. The molecule has 2 aromatic rings. The first kappa shape index (κ1) is 17.5. The average Bonchev–Trinajstić information content (AvgIpc) is 2.79. The summed E-state index contributed by atoms with van der Waals surface area (Å²) in [6, 6.07) is 16.3. The summed E-state index contributed by atoms with van der Waals surface area (Å²) in [4.78, 5) is 2.66. The molecule has 2 nitrogen and oxygen atoms in total. The number of nitrogens with zero attached hydrogens (tertiary/aromatic N) is 1. The molecule has 1 N–H and O–H groups in total. The third kappa shape index (κ3) is 2.68. The lowest BCUT2D eigenvalue weighted by Crippen LogP contribution is -2.55. The molecule has 0 radical (unpaired) electrons. The second kappa shape index (κ2) is 5.93. The largest absolute Gasteiger partial charge is 0.389 e. The summed E-state index contributed by atoms with van der Waals surface area (Å²) >= 11 is 0. The van der Waals surface area contributed by atoms with Gasteiger partial charge in [-0.05, 0) is 58.9 Å². The third-order valence-corrected chi connectivity index (χ3v) is 7.60. The Labute approximate surface area is 163 Å². The monoisotopic (exact) mass is 361 g/mol. The molecule has 1 saturated heterocycles. The summed E-state index contributed by atoms with van der Waals surface area (Å²) in [5.41, 5.74) is 6.92. The molecule has 3 atom stereocenters. The van der Waals surface area contributed by atoms with Crippen LogP contribution in [0, 0.1) is 5.41 Å². The van der Waals surface area contributed by atoms with Gasteiger partial charge in [-0.25, -0.2) is 0 Å². The first-order chi connectivity index (χ1) is 12.9. The molecule has 142 valence electrons. The molecule has 2 heteroatoms. The maximum Gasteiger partial charge on any atom is 0.0726 e. The van der Waals surface area contributed by atoms with Crippen molar-refractivity contribution in [2.45, 2.75) is 64.0 Å². The van der Waals surface area contributed by atoms with E-state index in [1.54, 1.807) is 5.56 Å². The van der Waals surface area contributed by atoms with E-state index in [0.29, 0.717) is 12.0 Å². The highest BCUT2D eigenvalue weighted by molar-refractivity contribution is 5.49. The number of rotatable bonds is 0. The van der Waals surface area contributed by atoms with Crippen molar-refractivity contribution < 1.29 is 5.11 Å². The molecule has 0 aromatic heterocycles. The topological polar surface area (TPSA) is 23.5 Å². The molecule has 5 rings (SSSR count). The molecule has 27 heavy (non-hydrogen) atoms. The average molecular weight is 362 g/mol. The second-order valence-corrected chi connectivity index (χ2v) is 10.0. The minimum absolute atomic E-state index is 0.0854. The van der Waals surface area contributed by atoms with E-state index in [-0.39, 0.29) is 5.41 Å². The van der Waals surface area contributed by atoms with E-state index in [4.69, 9.17) is 0 Å². The van der Waals surface area contributed by atoms with Crippen molar-refractivity contribution in [3.63, 3.8) is 0 Å². The number of hydrogen-bond acceptors (Lipinski definition) is 2.